The van der Waals surface area contributed by atoms with Crippen molar-refractivity contribution in [3.05, 3.63) is 66.0 Å². The number of benzene rings is 2. The fourth-order valence-electron chi connectivity index (χ4n) is 2.42. The number of rotatable bonds is 6. The molecule has 0 aliphatic rings. The van der Waals surface area contributed by atoms with Crippen LogP contribution in [0.15, 0.2) is 64.0 Å². The van der Waals surface area contributed by atoms with E-state index in [9.17, 15) is 8.78 Å². The van der Waals surface area contributed by atoms with Gasteiger partial charge in [-0.15, -0.1) is 10.2 Å². The van der Waals surface area contributed by atoms with Gasteiger partial charge in [0.1, 0.15) is 5.03 Å². The highest BCUT2D eigenvalue weighted by Crippen LogP contribution is 2.35. The van der Waals surface area contributed by atoms with Crippen LogP contribution in [-0.4, -0.2) is 20.2 Å². The van der Waals surface area contributed by atoms with Crippen LogP contribution in [0.25, 0.3) is 10.9 Å². The molecule has 0 fully saturated rings. The molecular weight excluding hydrogens is 388 g/mol. The van der Waals surface area contributed by atoms with Gasteiger partial charge in [0.15, 0.2) is 10.2 Å². The van der Waals surface area contributed by atoms with Gasteiger partial charge in [-0.2, -0.15) is 0 Å². The maximum absolute atomic E-state index is 13.1. The number of aromatic nitrogens is 4. The maximum Gasteiger partial charge on any atom is 0.297 e. The number of nitrogens with zero attached hydrogens (tertiary/aromatic N) is 4. The number of alkyl halides is 2. The van der Waals surface area contributed by atoms with Gasteiger partial charge in [0.25, 0.3) is 6.43 Å². The summed E-state index contributed by atoms with van der Waals surface area (Å²) in [5.74, 6) is -0.483. The fraction of sp³-hybridized carbons (Fsp3) is 0.111. The first kappa shape index (κ1) is 17.7. The molecule has 0 atom stereocenters. The second-order valence-electron chi connectivity index (χ2n) is 5.52. The third-order valence-corrected chi connectivity index (χ3v) is 5.59. The minimum absolute atomic E-state index is 0.446. The van der Waals surface area contributed by atoms with Crippen LogP contribution in [0.2, 0.25) is 0 Å². The van der Waals surface area contributed by atoms with E-state index in [0.29, 0.717) is 31.9 Å². The van der Waals surface area contributed by atoms with E-state index in [1.54, 1.807) is 12.1 Å². The Bertz CT molecular complexity index is 1060. The number of nitrogens with one attached hydrogen (secondary N) is 1. The summed E-state index contributed by atoms with van der Waals surface area (Å²) in [6.45, 7) is 0.631. The van der Waals surface area contributed by atoms with Crippen LogP contribution < -0.4 is 5.32 Å². The average Bonchev–Trinajstić information content (AvgIpc) is 3.14. The van der Waals surface area contributed by atoms with Crippen molar-refractivity contribution in [2.24, 2.45) is 0 Å². The van der Waals surface area contributed by atoms with Crippen molar-refractivity contribution < 1.29 is 8.78 Å². The molecule has 4 rings (SSSR count). The van der Waals surface area contributed by atoms with Gasteiger partial charge in [-0.3, -0.25) is 0 Å². The first-order valence-corrected chi connectivity index (χ1v) is 9.66. The van der Waals surface area contributed by atoms with E-state index in [1.165, 1.54) is 23.1 Å². The molecule has 27 heavy (non-hydrogen) atoms. The summed E-state index contributed by atoms with van der Waals surface area (Å²) >= 11 is 2.56. The van der Waals surface area contributed by atoms with Gasteiger partial charge in [-0.1, -0.05) is 59.9 Å². The summed E-state index contributed by atoms with van der Waals surface area (Å²) in [6, 6.07) is 17.0. The number of halogens is 2. The largest absolute Gasteiger partial charge is 0.356 e. The van der Waals surface area contributed by atoms with E-state index >= 15 is 0 Å². The minimum Gasteiger partial charge on any atom is -0.356 e. The molecule has 4 aromatic rings. The molecule has 0 saturated heterocycles. The standard InChI is InChI=1S/C18H13F2N5S2/c19-14(20)15-22-13-9-5-4-8-12(13)16(23-15)26-18-25-24-17(27-18)21-10-11-6-2-1-3-7-11/h1-9,14H,10H2,(H,21,24). The van der Waals surface area contributed by atoms with E-state index in [0.717, 1.165) is 5.56 Å². The van der Waals surface area contributed by atoms with Gasteiger partial charge >= 0.3 is 0 Å². The average molecular weight is 401 g/mol. The van der Waals surface area contributed by atoms with E-state index in [4.69, 9.17) is 0 Å². The van der Waals surface area contributed by atoms with Gasteiger partial charge < -0.3 is 5.32 Å². The number of para-hydroxylation sites is 1. The highest BCUT2D eigenvalue weighted by atomic mass is 32.2. The summed E-state index contributed by atoms with van der Waals surface area (Å²) in [6.07, 6.45) is -2.73. The highest BCUT2D eigenvalue weighted by Gasteiger charge is 2.17. The van der Waals surface area contributed by atoms with Gasteiger partial charge in [0.05, 0.1) is 5.52 Å². The first-order chi connectivity index (χ1) is 13.2. The third kappa shape index (κ3) is 4.20. The molecule has 0 amide bonds. The lowest BCUT2D eigenvalue weighted by atomic mass is 10.2. The van der Waals surface area contributed by atoms with Crippen LogP contribution in [0.5, 0.6) is 0 Å². The number of fused-ring (bicyclic) bond motifs is 1. The molecule has 0 unspecified atom stereocenters. The molecule has 0 aliphatic heterocycles. The molecule has 1 N–H and O–H groups in total. The molecular formula is C18H13F2N5S2. The Morgan fingerprint density at radius 1 is 0.963 bits per heavy atom. The fourth-order valence-corrected chi connectivity index (χ4v) is 4.20. The number of hydrogen-bond donors (Lipinski definition) is 1. The van der Waals surface area contributed by atoms with Crippen LogP contribution in [0.4, 0.5) is 13.9 Å². The predicted octanol–water partition coefficient (Wildman–Crippen LogP) is 5.18. The molecule has 0 aliphatic carbocycles. The normalized spacial score (nSPS) is 11.2. The molecule has 0 radical (unpaired) electrons. The Morgan fingerprint density at radius 3 is 2.56 bits per heavy atom. The Morgan fingerprint density at radius 2 is 1.74 bits per heavy atom. The molecule has 5 nitrogen and oxygen atoms in total. The summed E-state index contributed by atoms with van der Waals surface area (Å²) in [4.78, 5) is 7.94. The molecule has 2 heterocycles. The first-order valence-electron chi connectivity index (χ1n) is 8.03. The van der Waals surface area contributed by atoms with Crippen molar-refractivity contribution >= 4 is 39.1 Å². The van der Waals surface area contributed by atoms with Crippen molar-refractivity contribution in [2.75, 3.05) is 5.32 Å². The molecule has 0 saturated carbocycles. The molecule has 2 aromatic carbocycles. The van der Waals surface area contributed by atoms with Crippen molar-refractivity contribution in [3.63, 3.8) is 0 Å². The molecule has 0 spiro atoms. The van der Waals surface area contributed by atoms with Gasteiger partial charge in [0, 0.05) is 11.9 Å². The lowest BCUT2D eigenvalue weighted by Crippen LogP contribution is -1.98. The zero-order valence-electron chi connectivity index (χ0n) is 13.8. The molecule has 9 heteroatoms. The van der Waals surface area contributed by atoms with Crippen LogP contribution in [0, 0.1) is 0 Å². The quantitative estimate of drug-likeness (QED) is 0.449. The van der Waals surface area contributed by atoms with Gasteiger partial charge in [-0.05, 0) is 23.4 Å². The van der Waals surface area contributed by atoms with Crippen molar-refractivity contribution in [1.82, 2.24) is 20.2 Å². The van der Waals surface area contributed by atoms with Crippen molar-refractivity contribution in [1.29, 1.82) is 0 Å². The number of anilines is 1. The second-order valence-corrected chi connectivity index (χ2v) is 7.73. The zero-order valence-corrected chi connectivity index (χ0v) is 15.5. The van der Waals surface area contributed by atoms with E-state index in [-0.39, 0.29) is 0 Å². The van der Waals surface area contributed by atoms with E-state index in [2.05, 4.69) is 25.5 Å². The lowest BCUT2D eigenvalue weighted by molar-refractivity contribution is 0.140. The van der Waals surface area contributed by atoms with Gasteiger partial charge in [-0.25, -0.2) is 18.7 Å². The molecule has 136 valence electrons. The van der Waals surface area contributed by atoms with Crippen LogP contribution in [0.3, 0.4) is 0 Å². The van der Waals surface area contributed by atoms with Crippen LogP contribution in [0.1, 0.15) is 17.8 Å². The lowest BCUT2D eigenvalue weighted by Gasteiger charge is -2.06. The van der Waals surface area contributed by atoms with Crippen LogP contribution in [-0.2, 0) is 6.54 Å². The van der Waals surface area contributed by atoms with Gasteiger partial charge in [0.2, 0.25) is 5.13 Å². The van der Waals surface area contributed by atoms with Crippen molar-refractivity contribution in [3.8, 4) is 0 Å². The Hall–Kier alpha value is -2.65. The SMILES string of the molecule is FC(F)c1nc(Sc2nnc(NCc3ccccc3)s2)c2ccccc2n1. The Balaban J connectivity index is 1.55. The Labute approximate surface area is 161 Å². The maximum atomic E-state index is 13.1. The minimum atomic E-state index is -2.73. The molecule has 2 aromatic heterocycles. The Kier molecular flexibility index (Phi) is 5.21. The predicted molar refractivity (Wildman–Crippen MR) is 102 cm³/mol. The van der Waals surface area contributed by atoms with E-state index in [1.807, 2.05) is 42.5 Å². The topological polar surface area (TPSA) is 63.6 Å². The van der Waals surface area contributed by atoms with Crippen LogP contribution >= 0.6 is 23.1 Å². The third-order valence-electron chi connectivity index (χ3n) is 3.66. The zero-order chi connectivity index (χ0) is 18.6. The smallest absolute Gasteiger partial charge is 0.297 e. The second kappa shape index (κ2) is 7.93. The summed E-state index contributed by atoms with van der Waals surface area (Å²) in [5.41, 5.74) is 1.61. The van der Waals surface area contributed by atoms with E-state index < -0.39 is 12.2 Å². The number of hydrogen-bond acceptors (Lipinski definition) is 7. The molecule has 0 bridgehead atoms. The highest BCUT2D eigenvalue weighted by molar-refractivity contribution is 8.01. The monoisotopic (exact) mass is 401 g/mol. The van der Waals surface area contributed by atoms with Crippen molar-refractivity contribution in [2.45, 2.75) is 22.3 Å². The summed E-state index contributed by atoms with van der Waals surface area (Å²) in [5, 5.41) is 13.3. The summed E-state index contributed by atoms with van der Waals surface area (Å²) in [7, 11) is 0. The summed E-state index contributed by atoms with van der Waals surface area (Å²) < 4.78 is 26.8.